The molecule has 104 valence electrons. The number of nitro benzene ring substituents is 1. The minimum Gasteiger partial charge on any atom is -0.375 e. The Labute approximate surface area is 122 Å². The second kappa shape index (κ2) is 5.92. The summed E-state index contributed by atoms with van der Waals surface area (Å²) in [7, 11) is 0. The van der Waals surface area contributed by atoms with E-state index in [0.717, 1.165) is 5.56 Å². The van der Waals surface area contributed by atoms with Crippen LogP contribution >= 0.6 is 11.6 Å². The molecule has 0 spiro atoms. The van der Waals surface area contributed by atoms with E-state index in [1.165, 1.54) is 17.2 Å². The van der Waals surface area contributed by atoms with E-state index in [0.29, 0.717) is 17.3 Å². The average Bonchev–Trinajstić information content (AvgIpc) is 2.41. The van der Waals surface area contributed by atoms with E-state index >= 15 is 0 Å². The van der Waals surface area contributed by atoms with Crippen molar-refractivity contribution in [3.05, 3.63) is 68.2 Å². The highest BCUT2D eigenvalue weighted by Gasteiger charge is 2.13. The van der Waals surface area contributed by atoms with Crippen molar-refractivity contribution in [3.63, 3.8) is 0 Å². The summed E-state index contributed by atoms with van der Waals surface area (Å²) >= 11 is 5.78. The van der Waals surface area contributed by atoms with Crippen LogP contribution in [0.1, 0.15) is 16.7 Å². The Morgan fingerprint density at radius 3 is 2.55 bits per heavy atom. The molecule has 1 N–H and O–H groups in total. The molecule has 4 nitrogen and oxygen atoms in total. The van der Waals surface area contributed by atoms with Crippen molar-refractivity contribution in [2.24, 2.45) is 0 Å². The third kappa shape index (κ3) is 3.27. The van der Waals surface area contributed by atoms with Gasteiger partial charge in [0.1, 0.15) is 5.69 Å². The van der Waals surface area contributed by atoms with Gasteiger partial charge in [0.2, 0.25) is 0 Å². The smallest absolute Gasteiger partial charge is 0.293 e. The molecule has 0 aliphatic carbocycles. The predicted octanol–water partition coefficient (Wildman–Crippen LogP) is 4.48. The van der Waals surface area contributed by atoms with Gasteiger partial charge in [-0.1, -0.05) is 29.8 Å². The first-order valence-corrected chi connectivity index (χ1v) is 6.59. The van der Waals surface area contributed by atoms with Crippen LogP contribution in [-0.4, -0.2) is 4.92 Å². The third-order valence-electron chi connectivity index (χ3n) is 3.21. The van der Waals surface area contributed by atoms with Crippen molar-refractivity contribution in [1.29, 1.82) is 0 Å². The molecule has 0 aliphatic rings. The lowest BCUT2D eigenvalue weighted by atomic mass is 10.1. The topological polar surface area (TPSA) is 55.2 Å². The molecular weight excluding hydrogens is 276 g/mol. The lowest BCUT2D eigenvalue weighted by Gasteiger charge is -2.09. The van der Waals surface area contributed by atoms with Crippen LogP contribution in [0.5, 0.6) is 0 Å². The van der Waals surface area contributed by atoms with E-state index in [4.69, 9.17) is 11.6 Å². The van der Waals surface area contributed by atoms with Crippen molar-refractivity contribution in [2.75, 3.05) is 5.32 Å². The number of rotatable bonds is 4. The van der Waals surface area contributed by atoms with Crippen LogP contribution in [0.2, 0.25) is 5.02 Å². The summed E-state index contributed by atoms with van der Waals surface area (Å²) in [5, 5.41) is 14.4. The summed E-state index contributed by atoms with van der Waals surface area (Å²) in [5.74, 6) is 0. The van der Waals surface area contributed by atoms with E-state index in [2.05, 4.69) is 18.3 Å². The first-order valence-electron chi connectivity index (χ1n) is 6.21. The van der Waals surface area contributed by atoms with Gasteiger partial charge in [0, 0.05) is 17.6 Å². The lowest BCUT2D eigenvalue weighted by Crippen LogP contribution is -2.03. The van der Waals surface area contributed by atoms with Gasteiger partial charge in [-0.3, -0.25) is 10.1 Å². The maximum atomic E-state index is 11.0. The maximum absolute atomic E-state index is 11.0. The van der Waals surface area contributed by atoms with Gasteiger partial charge in [0.05, 0.1) is 4.92 Å². The average molecular weight is 291 g/mol. The summed E-state index contributed by atoms with van der Waals surface area (Å²) in [4.78, 5) is 10.6. The number of nitrogens with one attached hydrogen (secondary N) is 1. The van der Waals surface area contributed by atoms with Crippen LogP contribution in [0, 0.1) is 24.0 Å². The zero-order chi connectivity index (χ0) is 14.7. The van der Waals surface area contributed by atoms with Gasteiger partial charge >= 0.3 is 0 Å². The van der Waals surface area contributed by atoms with Gasteiger partial charge < -0.3 is 5.32 Å². The molecule has 2 aromatic rings. The molecule has 0 aliphatic heterocycles. The highest BCUT2D eigenvalue weighted by Crippen LogP contribution is 2.28. The van der Waals surface area contributed by atoms with Crippen LogP contribution < -0.4 is 5.32 Å². The number of hydrogen-bond donors (Lipinski definition) is 1. The molecule has 0 unspecified atom stereocenters. The maximum Gasteiger partial charge on any atom is 0.293 e. The third-order valence-corrected chi connectivity index (χ3v) is 3.45. The molecule has 0 amide bonds. The SMILES string of the molecule is Cc1ccc(CNc2ccc(Cl)cc2[N+](=O)[O-])cc1C. The summed E-state index contributed by atoms with van der Waals surface area (Å²) in [6.45, 7) is 4.63. The Morgan fingerprint density at radius 1 is 1.15 bits per heavy atom. The molecule has 0 fully saturated rings. The second-order valence-electron chi connectivity index (χ2n) is 4.69. The van der Waals surface area contributed by atoms with Crippen LogP contribution in [0.15, 0.2) is 36.4 Å². The molecule has 0 bridgehead atoms. The monoisotopic (exact) mass is 290 g/mol. The molecule has 0 saturated carbocycles. The van der Waals surface area contributed by atoms with Crippen LogP contribution in [0.3, 0.4) is 0 Å². The predicted molar refractivity (Wildman–Crippen MR) is 81.3 cm³/mol. The first kappa shape index (κ1) is 14.3. The van der Waals surface area contributed by atoms with Crippen LogP contribution in [0.25, 0.3) is 0 Å². The van der Waals surface area contributed by atoms with Crippen molar-refractivity contribution in [3.8, 4) is 0 Å². The van der Waals surface area contributed by atoms with Crippen molar-refractivity contribution in [1.82, 2.24) is 0 Å². The molecular formula is C15H15ClN2O2. The quantitative estimate of drug-likeness (QED) is 0.667. The Balaban J connectivity index is 2.18. The van der Waals surface area contributed by atoms with Crippen LogP contribution in [0.4, 0.5) is 11.4 Å². The Kier molecular flexibility index (Phi) is 4.25. The number of nitro groups is 1. The number of hydrogen-bond acceptors (Lipinski definition) is 3. The molecule has 0 atom stereocenters. The standard InChI is InChI=1S/C15H15ClN2O2/c1-10-3-4-12(7-11(10)2)9-17-14-6-5-13(16)8-15(14)18(19)20/h3-8,17H,9H2,1-2H3. The van der Waals surface area contributed by atoms with Crippen molar-refractivity contribution >= 4 is 23.0 Å². The molecule has 0 heterocycles. The number of nitrogens with zero attached hydrogens (tertiary/aromatic N) is 1. The van der Waals surface area contributed by atoms with E-state index in [1.807, 2.05) is 19.1 Å². The van der Waals surface area contributed by atoms with E-state index in [9.17, 15) is 10.1 Å². The number of benzene rings is 2. The molecule has 20 heavy (non-hydrogen) atoms. The zero-order valence-corrected chi connectivity index (χ0v) is 12.1. The molecule has 0 saturated heterocycles. The van der Waals surface area contributed by atoms with E-state index < -0.39 is 4.92 Å². The van der Waals surface area contributed by atoms with Crippen LogP contribution in [-0.2, 0) is 6.54 Å². The number of anilines is 1. The van der Waals surface area contributed by atoms with Gasteiger partial charge in [-0.25, -0.2) is 0 Å². The van der Waals surface area contributed by atoms with E-state index in [-0.39, 0.29) is 5.69 Å². The number of halogens is 1. The Morgan fingerprint density at radius 2 is 1.90 bits per heavy atom. The van der Waals surface area contributed by atoms with Gasteiger partial charge in [-0.05, 0) is 42.7 Å². The fourth-order valence-electron chi connectivity index (χ4n) is 1.92. The Bertz CT molecular complexity index is 656. The fourth-order valence-corrected chi connectivity index (χ4v) is 2.08. The molecule has 0 aromatic heterocycles. The lowest BCUT2D eigenvalue weighted by molar-refractivity contribution is -0.383. The minimum absolute atomic E-state index is 0.0127. The van der Waals surface area contributed by atoms with Gasteiger partial charge in [-0.15, -0.1) is 0 Å². The normalized spacial score (nSPS) is 10.3. The summed E-state index contributed by atoms with van der Waals surface area (Å²) in [5.41, 5.74) is 3.97. The first-order chi connectivity index (χ1) is 9.47. The second-order valence-corrected chi connectivity index (χ2v) is 5.13. The summed E-state index contributed by atoms with van der Waals surface area (Å²) < 4.78 is 0. The molecule has 2 aromatic carbocycles. The van der Waals surface area contributed by atoms with Gasteiger partial charge in [0.15, 0.2) is 0 Å². The summed E-state index contributed by atoms with van der Waals surface area (Å²) in [6.07, 6.45) is 0. The van der Waals surface area contributed by atoms with Gasteiger partial charge in [0.25, 0.3) is 5.69 Å². The highest BCUT2D eigenvalue weighted by atomic mass is 35.5. The zero-order valence-electron chi connectivity index (χ0n) is 11.3. The fraction of sp³-hybridized carbons (Fsp3) is 0.200. The van der Waals surface area contributed by atoms with Gasteiger partial charge in [-0.2, -0.15) is 0 Å². The Hall–Kier alpha value is -2.07. The summed E-state index contributed by atoms with van der Waals surface area (Å²) in [6, 6.07) is 10.7. The molecule has 0 radical (unpaired) electrons. The van der Waals surface area contributed by atoms with Crippen molar-refractivity contribution < 1.29 is 4.92 Å². The highest BCUT2D eigenvalue weighted by molar-refractivity contribution is 6.30. The molecule has 2 rings (SSSR count). The van der Waals surface area contributed by atoms with Crippen molar-refractivity contribution in [2.45, 2.75) is 20.4 Å². The largest absolute Gasteiger partial charge is 0.375 e. The number of aryl methyl sites for hydroxylation is 2. The molecule has 5 heteroatoms. The minimum atomic E-state index is -0.436. The van der Waals surface area contributed by atoms with E-state index in [1.54, 1.807) is 12.1 Å².